The number of aryl methyl sites for hydroxylation is 1. The smallest absolute Gasteiger partial charge is 0.150 e. The summed E-state index contributed by atoms with van der Waals surface area (Å²) >= 11 is 0. The van der Waals surface area contributed by atoms with Gasteiger partial charge < -0.3 is 4.57 Å². The van der Waals surface area contributed by atoms with Crippen LogP contribution in [0.4, 0.5) is 0 Å². The first-order chi connectivity index (χ1) is 6.81. The maximum Gasteiger partial charge on any atom is 0.150 e. The van der Waals surface area contributed by atoms with Crippen molar-refractivity contribution in [1.82, 2.24) is 4.57 Å². The Morgan fingerprint density at radius 1 is 1.14 bits per heavy atom. The Labute approximate surface area is 82.8 Å². The molecule has 2 nitrogen and oxygen atoms in total. The van der Waals surface area contributed by atoms with Crippen LogP contribution in [0.5, 0.6) is 0 Å². The minimum absolute atomic E-state index is 0.711. The number of aromatic nitrogens is 1. The van der Waals surface area contributed by atoms with E-state index in [1.807, 2.05) is 43.6 Å². The van der Waals surface area contributed by atoms with Gasteiger partial charge >= 0.3 is 0 Å². The lowest BCUT2D eigenvalue weighted by Gasteiger charge is -2.02. The van der Waals surface area contributed by atoms with Gasteiger partial charge in [0.15, 0.2) is 0 Å². The molecule has 0 unspecified atom stereocenters. The van der Waals surface area contributed by atoms with Crippen molar-refractivity contribution in [2.24, 2.45) is 7.05 Å². The summed E-state index contributed by atoms with van der Waals surface area (Å²) < 4.78 is 2.05. The quantitative estimate of drug-likeness (QED) is 0.659. The molecule has 0 aliphatic carbocycles. The highest BCUT2D eigenvalue weighted by Crippen LogP contribution is 2.18. The topological polar surface area (TPSA) is 22.0 Å². The Hall–Kier alpha value is -1.83. The second-order valence-electron chi connectivity index (χ2n) is 3.24. The summed E-state index contributed by atoms with van der Waals surface area (Å²) in [6, 6.07) is 11.6. The maximum absolute atomic E-state index is 10.5. The average Bonchev–Trinajstić information content (AvgIpc) is 2.65. The Morgan fingerprint density at radius 2 is 1.86 bits per heavy atom. The van der Waals surface area contributed by atoms with Crippen molar-refractivity contribution < 1.29 is 4.79 Å². The predicted octanol–water partition coefficient (Wildman–Crippen LogP) is 2.50. The van der Waals surface area contributed by atoms with Crippen LogP contribution in [0.15, 0.2) is 42.6 Å². The fourth-order valence-corrected chi connectivity index (χ4v) is 1.49. The van der Waals surface area contributed by atoms with Crippen molar-refractivity contribution in [2.75, 3.05) is 0 Å². The zero-order valence-electron chi connectivity index (χ0n) is 7.97. The highest BCUT2D eigenvalue weighted by Gasteiger charge is 2.00. The standard InChI is InChI=1S/C12H11NO/c1-13-8-2-3-12(13)11-6-4-10(9-14)5-7-11/h2-9H,1H3. The third-order valence-electron chi connectivity index (χ3n) is 2.29. The molecule has 14 heavy (non-hydrogen) atoms. The molecule has 0 spiro atoms. The molecule has 0 amide bonds. The number of nitrogens with zero attached hydrogens (tertiary/aromatic N) is 1. The van der Waals surface area contributed by atoms with Gasteiger partial charge in [-0.05, 0) is 17.7 Å². The Kier molecular flexibility index (Phi) is 2.19. The second-order valence-corrected chi connectivity index (χ2v) is 3.24. The maximum atomic E-state index is 10.5. The second kappa shape index (κ2) is 3.50. The fraction of sp³-hybridized carbons (Fsp3) is 0.0833. The monoisotopic (exact) mass is 185 g/mol. The number of carbonyl (C=O) groups excluding carboxylic acids is 1. The van der Waals surface area contributed by atoms with Gasteiger partial charge in [0.2, 0.25) is 0 Å². The van der Waals surface area contributed by atoms with E-state index in [4.69, 9.17) is 0 Å². The van der Waals surface area contributed by atoms with Gasteiger partial charge in [-0.1, -0.05) is 24.3 Å². The molecule has 0 N–H and O–H groups in total. The molecule has 0 bridgehead atoms. The minimum Gasteiger partial charge on any atom is -0.351 e. The summed E-state index contributed by atoms with van der Waals surface area (Å²) in [5, 5.41) is 0. The predicted molar refractivity (Wildman–Crippen MR) is 56.2 cm³/mol. The molecule has 1 aromatic carbocycles. The summed E-state index contributed by atoms with van der Waals surface area (Å²) in [6.07, 6.45) is 2.86. The minimum atomic E-state index is 0.711. The van der Waals surface area contributed by atoms with E-state index in [0.717, 1.165) is 17.5 Å². The first-order valence-electron chi connectivity index (χ1n) is 4.48. The molecule has 2 rings (SSSR count). The number of rotatable bonds is 2. The zero-order chi connectivity index (χ0) is 9.97. The summed E-state index contributed by atoms with van der Waals surface area (Å²) in [5.74, 6) is 0. The molecular formula is C12H11NO. The van der Waals surface area contributed by atoms with Gasteiger partial charge in [0.1, 0.15) is 6.29 Å². The van der Waals surface area contributed by atoms with Crippen LogP contribution in [0.3, 0.4) is 0 Å². The van der Waals surface area contributed by atoms with Crippen molar-refractivity contribution in [3.63, 3.8) is 0 Å². The van der Waals surface area contributed by atoms with Crippen molar-refractivity contribution in [1.29, 1.82) is 0 Å². The van der Waals surface area contributed by atoms with E-state index in [1.165, 1.54) is 0 Å². The highest BCUT2D eigenvalue weighted by atomic mass is 16.1. The van der Waals surface area contributed by atoms with Gasteiger partial charge in [0.25, 0.3) is 0 Å². The molecule has 1 aromatic heterocycles. The van der Waals surface area contributed by atoms with Crippen LogP contribution in [-0.4, -0.2) is 10.9 Å². The fourth-order valence-electron chi connectivity index (χ4n) is 1.49. The van der Waals surface area contributed by atoms with Crippen molar-refractivity contribution >= 4 is 6.29 Å². The third kappa shape index (κ3) is 1.46. The zero-order valence-corrected chi connectivity index (χ0v) is 7.97. The van der Waals surface area contributed by atoms with Crippen molar-refractivity contribution in [3.05, 3.63) is 48.2 Å². The van der Waals surface area contributed by atoms with Gasteiger partial charge in [0.05, 0.1) is 0 Å². The highest BCUT2D eigenvalue weighted by molar-refractivity contribution is 5.76. The molecule has 0 radical (unpaired) electrons. The summed E-state index contributed by atoms with van der Waals surface area (Å²) in [4.78, 5) is 10.5. The molecule has 0 aliphatic rings. The summed E-state index contributed by atoms with van der Waals surface area (Å²) in [6.45, 7) is 0. The molecule has 0 saturated heterocycles. The molecule has 70 valence electrons. The van der Waals surface area contributed by atoms with Crippen molar-refractivity contribution in [2.45, 2.75) is 0 Å². The van der Waals surface area contributed by atoms with E-state index in [-0.39, 0.29) is 0 Å². The van der Waals surface area contributed by atoms with Crippen LogP contribution in [0.25, 0.3) is 11.3 Å². The number of hydrogen-bond acceptors (Lipinski definition) is 1. The van der Waals surface area contributed by atoms with Crippen LogP contribution >= 0.6 is 0 Å². The van der Waals surface area contributed by atoms with Gasteiger partial charge in [0, 0.05) is 24.5 Å². The van der Waals surface area contributed by atoms with Crippen LogP contribution in [0.1, 0.15) is 10.4 Å². The van der Waals surface area contributed by atoms with Crippen LogP contribution in [0, 0.1) is 0 Å². The van der Waals surface area contributed by atoms with Crippen LogP contribution in [0.2, 0.25) is 0 Å². The van der Waals surface area contributed by atoms with Crippen LogP contribution in [-0.2, 0) is 7.05 Å². The number of carbonyl (C=O) groups is 1. The lowest BCUT2D eigenvalue weighted by atomic mass is 10.1. The number of aldehydes is 1. The number of benzene rings is 1. The van der Waals surface area contributed by atoms with E-state index in [9.17, 15) is 4.79 Å². The summed E-state index contributed by atoms with van der Waals surface area (Å²) in [7, 11) is 2.00. The molecule has 0 aliphatic heterocycles. The van der Waals surface area contributed by atoms with E-state index in [2.05, 4.69) is 10.6 Å². The Bertz CT molecular complexity index is 440. The SMILES string of the molecule is Cn1cccc1-c1ccc(C=O)cc1. The Morgan fingerprint density at radius 3 is 2.36 bits per heavy atom. The van der Waals surface area contributed by atoms with Crippen molar-refractivity contribution in [3.8, 4) is 11.3 Å². The van der Waals surface area contributed by atoms with Gasteiger partial charge in [-0.2, -0.15) is 0 Å². The molecule has 1 heterocycles. The van der Waals surface area contributed by atoms with E-state index in [1.54, 1.807) is 0 Å². The molecule has 0 atom stereocenters. The lowest BCUT2D eigenvalue weighted by molar-refractivity contribution is 0.112. The number of hydrogen-bond donors (Lipinski definition) is 0. The first-order valence-corrected chi connectivity index (χ1v) is 4.48. The molecular weight excluding hydrogens is 174 g/mol. The van der Waals surface area contributed by atoms with Gasteiger partial charge in [-0.15, -0.1) is 0 Å². The molecule has 2 heteroatoms. The summed E-state index contributed by atoms with van der Waals surface area (Å²) in [5.41, 5.74) is 2.99. The van der Waals surface area contributed by atoms with Gasteiger partial charge in [-0.25, -0.2) is 0 Å². The molecule has 0 saturated carbocycles. The first kappa shape index (κ1) is 8.75. The normalized spacial score (nSPS) is 10.1. The van der Waals surface area contributed by atoms with E-state index < -0.39 is 0 Å². The molecule has 0 fully saturated rings. The Balaban J connectivity index is 2.43. The van der Waals surface area contributed by atoms with E-state index in [0.29, 0.717) is 5.56 Å². The van der Waals surface area contributed by atoms with Gasteiger partial charge in [-0.3, -0.25) is 4.79 Å². The molecule has 2 aromatic rings. The largest absolute Gasteiger partial charge is 0.351 e. The lowest BCUT2D eigenvalue weighted by Crippen LogP contribution is -1.89. The van der Waals surface area contributed by atoms with Crippen LogP contribution < -0.4 is 0 Å². The van der Waals surface area contributed by atoms with E-state index >= 15 is 0 Å². The third-order valence-corrected chi connectivity index (χ3v) is 2.29. The average molecular weight is 185 g/mol.